The molecule has 1 amide bonds. The Morgan fingerprint density at radius 3 is 2.90 bits per heavy atom. The van der Waals surface area contributed by atoms with Gasteiger partial charge >= 0.3 is 0 Å². The van der Waals surface area contributed by atoms with E-state index in [0.29, 0.717) is 49.6 Å². The highest BCUT2D eigenvalue weighted by Crippen LogP contribution is 2.62. The molecule has 4 unspecified atom stereocenters. The van der Waals surface area contributed by atoms with Crippen LogP contribution in [0.25, 0.3) is 0 Å². The summed E-state index contributed by atoms with van der Waals surface area (Å²) in [6.45, 7) is 3.37. The fourth-order valence-electron chi connectivity index (χ4n) is 6.83. The molecule has 0 aromatic heterocycles. The van der Waals surface area contributed by atoms with Gasteiger partial charge in [0.2, 0.25) is 5.91 Å². The number of hydrogen-bond acceptors (Lipinski definition) is 3. The Kier molecular flexibility index (Phi) is 4.77. The third-order valence-electron chi connectivity index (χ3n) is 8.31. The van der Waals surface area contributed by atoms with Gasteiger partial charge in [0, 0.05) is 18.3 Å². The van der Waals surface area contributed by atoms with Crippen LogP contribution in [0.5, 0.6) is 0 Å². The molecule has 1 N–H and O–H groups in total. The van der Waals surface area contributed by atoms with Crippen LogP contribution in [0.3, 0.4) is 0 Å². The molecule has 4 nitrogen and oxygen atoms in total. The first-order valence-corrected chi connectivity index (χ1v) is 11.1. The predicted octanol–water partition coefficient (Wildman–Crippen LogP) is 3.77. The standard InChI is InChI=1S/C24H30FNO3/c1-24-10-9-17-16-3-2-4-20(25)18(16)6-7-19(17)23(24)14(11-21(24)27)5-8-22(28)26-15-12-29-13-15/h2-4,14-15,17,19,23H,5-13H2,1H3,(H,26,28)/t14?,17?,19?,23?,24-/m1/s1. The van der Waals surface area contributed by atoms with Crippen LogP contribution in [-0.2, 0) is 20.7 Å². The quantitative estimate of drug-likeness (QED) is 0.839. The van der Waals surface area contributed by atoms with Crippen molar-refractivity contribution < 1.29 is 18.7 Å². The van der Waals surface area contributed by atoms with Crippen LogP contribution in [0.4, 0.5) is 4.39 Å². The van der Waals surface area contributed by atoms with Crippen LogP contribution >= 0.6 is 0 Å². The van der Waals surface area contributed by atoms with Crippen molar-refractivity contribution in [3.05, 3.63) is 35.1 Å². The van der Waals surface area contributed by atoms with Gasteiger partial charge in [-0.3, -0.25) is 9.59 Å². The number of hydrogen-bond donors (Lipinski definition) is 1. The normalized spacial score (nSPS) is 36.0. The van der Waals surface area contributed by atoms with Gasteiger partial charge in [0.05, 0.1) is 19.3 Å². The zero-order chi connectivity index (χ0) is 20.2. The number of fused-ring (bicyclic) bond motifs is 5. The lowest BCUT2D eigenvalue weighted by molar-refractivity contribution is -0.129. The first-order valence-electron chi connectivity index (χ1n) is 11.1. The number of halogens is 1. The highest BCUT2D eigenvalue weighted by atomic mass is 19.1. The van der Waals surface area contributed by atoms with Gasteiger partial charge in [0.1, 0.15) is 11.6 Å². The molecule has 1 saturated heterocycles. The Balaban J connectivity index is 1.35. The van der Waals surface area contributed by atoms with Crippen LogP contribution in [0.15, 0.2) is 18.2 Å². The van der Waals surface area contributed by atoms with E-state index in [1.54, 1.807) is 6.07 Å². The summed E-state index contributed by atoms with van der Waals surface area (Å²) >= 11 is 0. The molecule has 5 rings (SSSR count). The SMILES string of the molecule is C[C@]12CCC3c4cccc(F)c4CCC3C1C(CCC(=O)NC1COC1)CC2=O. The van der Waals surface area contributed by atoms with Gasteiger partial charge < -0.3 is 10.1 Å². The minimum Gasteiger partial charge on any atom is -0.377 e. The Hall–Kier alpha value is -1.75. The van der Waals surface area contributed by atoms with E-state index >= 15 is 0 Å². The van der Waals surface area contributed by atoms with Crippen LogP contribution in [0.1, 0.15) is 62.5 Å². The van der Waals surface area contributed by atoms with E-state index in [2.05, 4.69) is 18.3 Å². The maximum atomic E-state index is 14.4. The molecule has 0 spiro atoms. The molecule has 5 atom stereocenters. The highest BCUT2D eigenvalue weighted by Gasteiger charge is 2.58. The molecule has 1 aromatic carbocycles. The largest absolute Gasteiger partial charge is 0.377 e. The second kappa shape index (κ2) is 7.19. The summed E-state index contributed by atoms with van der Waals surface area (Å²) in [6, 6.07) is 5.65. The van der Waals surface area contributed by atoms with Crippen molar-refractivity contribution >= 4 is 11.7 Å². The number of amides is 1. The summed E-state index contributed by atoms with van der Waals surface area (Å²) in [4.78, 5) is 25.3. The molecule has 2 saturated carbocycles. The number of ether oxygens (including phenoxy) is 1. The monoisotopic (exact) mass is 399 g/mol. The van der Waals surface area contributed by atoms with Gasteiger partial charge in [-0.2, -0.15) is 0 Å². The lowest BCUT2D eigenvalue weighted by atomic mass is 9.54. The number of carbonyl (C=O) groups is 2. The van der Waals surface area contributed by atoms with E-state index in [1.165, 1.54) is 5.56 Å². The molecule has 3 fully saturated rings. The lowest BCUT2D eigenvalue weighted by Gasteiger charge is -2.50. The van der Waals surface area contributed by atoms with Crippen molar-refractivity contribution in [3.8, 4) is 0 Å². The van der Waals surface area contributed by atoms with E-state index in [9.17, 15) is 14.0 Å². The second-order valence-electron chi connectivity index (χ2n) is 9.83. The Bertz CT molecular complexity index is 835. The van der Waals surface area contributed by atoms with E-state index in [1.807, 2.05) is 6.07 Å². The fourth-order valence-corrected chi connectivity index (χ4v) is 6.83. The second-order valence-corrected chi connectivity index (χ2v) is 9.83. The summed E-state index contributed by atoms with van der Waals surface area (Å²) in [5, 5.41) is 3.02. The van der Waals surface area contributed by atoms with Crippen molar-refractivity contribution in [3.63, 3.8) is 0 Å². The molecule has 1 heterocycles. The van der Waals surface area contributed by atoms with E-state index in [-0.39, 0.29) is 29.1 Å². The van der Waals surface area contributed by atoms with Gasteiger partial charge in [-0.15, -0.1) is 0 Å². The van der Waals surface area contributed by atoms with Crippen molar-refractivity contribution in [2.24, 2.45) is 23.2 Å². The summed E-state index contributed by atoms with van der Waals surface area (Å²) < 4.78 is 19.5. The molecular formula is C24H30FNO3. The van der Waals surface area contributed by atoms with Crippen molar-refractivity contribution in [1.29, 1.82) is 0 Å². The van der Waals surface area contributed by atoms with Gasteiger partial charge in [-0.1, -0.05) is 19.1 Å². The fraction of sp³-hybridized carbons (Fsp3) is 0.667. The molecule has 5 heteroatoms. The maximum Gasteiger partial charge on any atom is 0.220 e. The molecule has 3 aliphatic carbocycles. The third kappa shape index (κ3) is 3.13. The molecule has 0 bridgehead atoms. The lowest BCUT2D eigenvalue weighted by Crippen LogP contribution is -2.48. The Morgan fingerprint density at radius 1 is 1.31 bits per heavy atom. The van der Waals surface area contributed by atoms with Crippen molar-refractivity contribution in [2.75, 3.05) is 13.2 Å². The number of carbonyl (C=O) groups excluding carboxylic acids is 2. The van der Waals surface area contributed by atoms with Gasteiger partial charge in [-0.25, -0.2) is 4.39 Å². The molecule has 0 radical (unpaired) electrons. The molecule has 1 aliphatic heterocycles. The first-order chi connectivity index (χ1) is 14.0. The van der Waals surface area contributed by atoms with E-state index in [4.69, 9.17) is 4.74 Å². The zero-order valence-corrected chi connectivity index (χ0v) is 17.1. The van der Waals surface area contributed by atoms with Crippen LogP contribution in [-0.4, -0.2) is 30.9 Å². The van der Waals surface area contributed by atoms with E-state index in [0.717, 1.165) is 37.7 Å². The minimum atomic E-state index is -0.269. The number of Topliss-reactive ketones (excluding diaryl/α,β-unsaturated/α-hetero) is 1. The van der Waals surface area contributed by atoms with Crippen molar-refractivity contribution in [2.45, 2.75) is 63.8 Å². The van der Waals surface area contributed by atoms with Crippen LogP contribution < -0.4 is 5.32 Å². The van der Waals surface area contributed by atoms with Gasteiger partial charge in [-0.05, 0) is 73.0 Å². The number of rotatable bonds is 4. The summed E-state index contributed by atoms with van der Waals surface area (Å²) in [5.74, 6) is 1.71. The topological polar surface area (TPSA) is 55.4 Å². The average molecular weight is 400 g/mol. The number of ketones is 1. The predicted molar refractivity (Wildman–Crippen MR) is 107 cm³/mol. The van der Waals surface area contributed by atoms with Gasteiger partial charge in [0.15, 0.2) is 0 Å². The van der Waals surface area contributed by atoms with E-state index < -0.39 is 0 Å². The Labute approximate surface area is 171 Å². The van der Waals surface area contributed by atoms with Crippen LogP contribution in [0, 0.1) is 29.0 Å². The van der Waals surface area contributed by atoms with Gasteiger partial charge in [0.25, 0.3) is 0 Å². The smallest absolute Gasteiger partial charge is 0.220 e. The molecule has 1 aromatic rings. The minimum absolute atomic E-state index is 0.0720. The van der Waals surface area contributed by atoms with Crippen LogP contribution in [0.2, 0.25) is 0 Å². The molecule has 4 aliphatic rings. The highest BCUT2D eigenvalue weighted by molar-refractivity contribution is 5.88. The Morgan fingerprint density at radius 2 is 2.14 bits per heavy atom. The number of benzene rings is 1. The zero-order valence-electron chi connectivity index (χ0n) is 17.1. The molecule has 156 valence electrons. The molecule has 29 heavy (non-hydrogen) atoms. The molecular weight excluding hydrogens is 369 g/mol. The third-order valence-corrected chi connectivity index (χ3v) is 8.31. The average Bonchev–Trinajstić information content (AvgIpc) is 2.93. The summed E-state index contributed by atoms with van der Waals surface area (Å²) in [6.07, 6.45) is 5.41. The summed E-state index contributed by atoms with van der Waals surface area (Å²) in [5.41, 5.74) is 1.79. The maximum absolute atomic E-state index is 14.4. The number of nitrogens with one attached hydrogen (secondary N) is 1. The first kappa shape index (κ1) is 19.2. The summed E-state index contributed by atoms with van der Waals surface area (Å²) in [7, 11) is 0. The van der Waals surface area contributed by atoms with Crippen molar-refractivity contribution in [1.82, 2.24) is 5.32 Å².